The lowest BCUT2D eigenvalue weighted by Crippen LogP contribution is -1.99. The molecule has 1 rings (SSSR count). The molecule has 15 heavy (non-hydrogen) atoms. The predicted molar refractivity (Wildman–Crippen MR) is 57.6 cm³/mol. The molecule has 4 nitrogen and oxygen atoms in total. The summed E-state index contributed by atoms with van der Waals surface area (Å²) in [4.78, 5) is -0.366. The van der Waals surface area contributed by atoms with Crippen LogP contribution in [-0.4, -0.2) is 23.1 Å². The Kier molecular flexibility index (Phi) is 3.35. The van der Waals surface area contributed by atoms with Gasteiger partial charge in [0.05, 0.1) is 9.92 Å². The summed E-state index contributed by atoms with van der Waals surface area (Å²) in [5.74, 6) is 0. The van der Waals surface area contributed by atoms with E-state index in [1.165, 1.54) is 0 Å². The Morgan fingerprint density at radius 3 is 2.00 bits per heavy atom. The summed E-state index contributed by atoms with van der Waals surface area (Å²) in [6.07, 6.45) is 0.994. The molecule has 0 bridgehead atoms. The molecular weight excluding hydrogens is 283 g/mol. The van der Waals surface area contributed by atoms with E-state index in [0.717, 1.165) is 24.5 Å². The van der Waals surface area contributed by atoms with Crippen LogP contribution < -0.4 is 0 Å². The largest absolute Gasteiger partial charge is 0.262 e. The predicted octanol–water partition coefficient (Wildman–Crippen LogP) is 1.67. The van der Waals surface area contributed by atoms with Crippen molar-refractivity contribution in [3.05, 3.63) is 23.2 Å². The van der Waals surface area contributed by atoms with Gasteiger partial charge in [-0.15, -0.1) is 0 Å². The van der Waals surface area contributed by atoms with Crippen LogP contribution >= 0.6 is 22.3 Å². The zero-order valence-corrected chi connectivity index (χ0v) is 10.6. The van der Waals surface area contributed by atoms with Crippen LogP contribution in [-0.2, 0) is 18.9 Å². The van der Waals surface area contributed by atoms with Gasteiger partial charge in [0.2, 0.25) is 0 Å². The van der Waals surface area contributed by atoms with E-state index in [9.17, 15) is 16.8 Å². The Balaban J connectivity index is 3.47. The molecule has 0 aliphatic carbocycles. The van der Waals surface area contributed by atoms with Gasteiger partial charge in [0.25, 0.3) is 9.05 Å². The standard InChI is InChI=1S/C7H6Cl2O4S2/c1-14(10,11)5-2-3-7(6(8)4-5)15(9,12)13/h2-4H,1H3. The van der Waals surface area contributed by atoms with Crippen LogP contribution in [0.2, 0.25) is 5.02 Å². The van der Waals surface area contributed by atoms with Crippen LogP contribution in [0.15, 0.2) is 28.0 Å². The van der Waals surface area contributed by atoms with Crippen LogP contribution in [0.4, 0.5) is 0 Å². The first-order valence-corrected chi connectivity index (χ1v) is 8.14. The lowest BCUT2D eigenvalue weighted by molar-refractivity contribution is 0.600. The lowest BCUT2D eigenvalue weighted by atomic mass is 10.4. The fourth-order valence-corrected chi connectivity index (χ4v) is 3.15. The molecule has 0 saturated heterocycles. The maximum atomic E-state index is 11.1. The molecule has 0 heterocycles. The first-order chi connectivity index (χ1) is 6.62. The summed E-state index contributed by atoms with van der Waals surface area (Å²) >= 11 is 5.59. The average Bonchev–Trinajstić information content (AvgIpc) is 1.99. The first-order valence-electron chi connectivity index (χ1n) is 3.56. The molecule has 0 spiro atoms. The third kappa shape index (κ3) is 3.07. The quantitative estimate of drug-likeness (QED) is 0.777. The van der Waals surface area contributed by atoms with Gasteiger partial charge in [-0.3, -0.25) is 0 Å². The highest BCUT2D eigenvalue weighted by Gasteiger charge is 2.17. The molecule has 0 aliphatic rings. The van der Waals surface area contributed by atoms with Gasteiger partial charge in [0, 0.05) is 16.9 Å². The van der Waals surface area contributed by atoms with E-state index < -0.39 is 18.9 Å². The van der Waals surface area contributed by atoms with E-state index in [1.54, 1.807) is 0 Å². The highest BCUT2D eigenvalue weighted by Crippen LogP contribution is 2.27. The van der Waals surface area contributed by atoms with Gasteiger partial charge in [-0.25, -0.2) is 16.8 Å². The van der Waals surface area contributed by atoms with E-state index in [0.29, 0.717) is 0 Å². The fourth-order valence-electron chi connectivity index (χ4n) is 0.910. The molecule has 0 saturated carbocycles. The zero-order valence-electron chi connectivity index (χ0n) is 7.44. The van der Waals surface area contributed by atoms with Gasteiger partial charge in [0.1, 0.15) is 4.90 Å². The second-order valence-corrected chi connectivity index (χ2v) is 7.76. The third-order valence-corrected chi connectivity index (χ3v) is 4.51. The Morgan fingerprint density at radius 1 is 1.13 bits per heavy atom. The molecule has 84 valence electrons. The van der Waals surface area contributed by atoms with Gasteiger partial charge < -0.3 is 0 Å². The molecule has 1 aromatic carbocycles. The van der Waals surface area contributed by atoms with Crippen molar-refractivity contribution in [1.29, 1.82) is 0 Å². The molecule has 1 aromatic rings. The van der Waals surface area contributed by atoms with Gasteiger partial charge in [-0.05, 0) is 18.2 Å². The minimum atomic E-state index is -3.95. The topological polar surface area (TPSA) is 68.3 Å². The summed E-state index contributed by atoms with van der Waals surface area (Å²) in [5.41, 5.74) is 0. The van der Waals surface area contributed by atoms with Crippen LogP contribution in [0.25, 0.3) is 0 Å². The summed E-state index contributed by atoms with van der Waals surface area (Å²) in [7, 11) is -2.29. The van der Waals surface area contributed by atoms with Crippen molar-refractivity contribution in [3.63, 3.8) is 0 Å². The molecule has 0 aliphatic heterocycles. The second kappa shape index (κ2) is 3.93. The SMILES string of the molecule is CS(=O)(=O)c1ccc(S(=O)(=O)Cl)c(Cl)c1. The third-order valence-electron chi connectivity index (χ3n) is 1.59. The van der Waals surface area contributed by atoms with E-state index in [4.69, 9.17) is 22.3 Å². The lowest BCUT2D eigenvalue weighted by Gasteiger charge is -2.02. The number of halogens is 2. The van der Waals surface area contributed by atoms with Gasteiger partial charge >= 0.3 is 0 Å². The van der Waals surface area contributed by atoms with E-state index in [-0.39, 0.29) is 14.8 Å². The van der Waals surface area contributed by atoms with Crippen molar-refractivity contribution < 1.29 is 16.8 Å². The molecule has 0 N–H and O–H groups in total. The van der Waals surface area contributed by atoms with Crippen molar-refractivity contribution >= 4 is 41.2 Å². The summed E-state index contributed by atoms with van der Waals surface area (Å²) in [5, 5.41) is -0.215. The molecule has 0 unspecified atom stereocenters. The van der Waals surface area contributed by atoms with Crippen molar-refractivity contribution in [3.8, 4) is 0 Å². The number of benzene rings is 1. The number of sulfone groups is 1. The Labute approximate surface area is 97.2 Å². The highest BCUT2D eigenvalue weighted by atomic mass is 35.7. The Bertz CT molecular complexity index is 589. The van der Waals surface area contributed by atoms with E-state index in [2.05, 4.69) is 0 Å². The van der Waals surface area contributed by atoms with Crippen LogP contribution in [0.1, 0.15) is 0 Å². The van der Waals surface area contributed by atoms with Crippen LogP contribution in [0.3, 0.4) is 0 Å². The normalized spacial score (nSPS) is 12.7. The van der Waals surface area contributed by atoms with Gasteiger partial charge in [-0.2, -0.15) is 0 Å². The summed E-state index contributed by atoms with van der Waals surface area (Å²) in [6, 6.07) is 3.24. The maximum Gasteiger partial charge on any atom is 0.262 e. The van der Waals surface area contributed by atoms with Crippen molar-refractivity contribution in [1.82, 2.24) is 0 Å². The van der Waals surface area contributed by atoms with Crippen molar-refractivity contribution in [2.24, 2.45) is 0 Å². The first kappa shape index (κ1) is 12.8. The van der Waals surface area contributed by atoms with E-state index >= 15 is 0 Å². The fraction of sp³-hybridized carbons (Fsp3) is 0.143. The summed E-state index contributed by atoms with van der Waals surface area (Å²) in [6.45, 7) is 0. The molecular formula is C7H6Cl2O4S2. The van der Waals surface area contributed by atoms with Gasteiger partial charge in [0.15, 0.2) is 9.84 Å². The van der Waals surface area contributed by atoms with Crippen molar-refractivity contribution in [2.75, 3.05) is 6.26 Å². The average molecular weight is 289 g/mol. The van der Waals surface area contributed by atoms with Crippen LogP contribution in [0, 0.1) is 0 Å². The van der Waals surface area contributed by atoms with Gasteiger partial charge in [-0.1, -0.05) is 11.6 Å². The molecule has 0 atom stereocenters. The Morgan fingerprint density at radius 2 is 1.67 bits per heavy atom. The number of hydrogen-bond acceptors (Lipinski definition) is 4. The van der Waals surface area contributed by atoms with E-state index in [1.807, 2.05) is 0 Å². The number of rotatable bonds is 2. The Hall–Kier alpha value is -0.300. The zero-order chi connectivity index (χ0) is 11.9. The molecule has 0 fully saturated rings. The van der Waals surface area contributed by atoms with Crippen LogP contribution in [0.5, 0.6) is 0 Å². The molecule has 0 radical (unpaired) electrons. The minimum Gasteiger partial charge on any atom is -0.224 e. The van der Waals surface area contributed by atoms with Crippen molar-refractivity contribution in [2.45, 2.75) is 9.79 Å². The molecule has 0 amide bonds. The highest BCUT2D eigenvalue weighted by molar-refractivity contribution is 8.13. The monoisotopic (exact) mass is 288 g/mol. The molecule has 0 aromatic heterocycles. The smallest absolute Gasteiger partial charge is 0.224 e. The number of hydrogen-bond donors (Lipinski definition) is 0. The summed E-state index contributed by atoms with van der Waals surface area (Å²) < 4.78 is 44.1. The minimum absolute atomic E-state index is 0.0587. The maximum absolute atomic E-state index is 11.1. The second-order valence-electron chi connectivity index (χ2n) is 2.80. The molecule has 8 heteroatoms.